The van der Waals surface area contributed by atoms with Gasteiger partial charge in [0.05, 0.1) is 6.61 Å². The van der Waals surface area contributed by atoms with Crippen molar-refractivity contribution in [2.24, 2.45) is 5.92 Å². The van der Waals surface area contributed by atoms with E-state index in [0.29, 0.717) is 58.1 Å². The molecule has 0 bridgehead atoms. The van der Waals surface area contributed by atoms with Crippen molar-refractivity contribution < 1.29 is 33.7 Å². The number of benzene rings is 1. The molecule has 6 atom stereocenters. The van der Waals surface area contributed by atoms with E-state index in [4.69, 9.17) is 9.78 Å². The van der Waals surface area contributed by atoms with E-state index in [1.54, 1.807) is 18.7 Å². The maximum Gasteiger partial charge on any atom is 0.246 e. The van der Waals surface area contributed by atoms with Crippen LogP contribution in [-0.2, 0) is 40.2 Å². The normalized spacial score (nSPS) is 24.0. The summed E-state index contributed by atoms with van der Waals surface area (Å²) < 4.78 is 0. The van der Waals surface area contributed by atoms with Crippen LogP contribution in [0.3, 0.4) is 0 Å². The Bertz CT molecular complexity index is 1390. The molecule has 258 valence electrons. The lowest BCUT2D eigenvalue weighted by Gasteiger charge is -2.39. The first-order valence-corrected chi connectivity index (χ1v) is 17.2. The Balaban J connectivity index is 1.56. The third-order valence-corrected chi connectivity index (χ3v) is 9.43. The molecule has 2 aliphatic rings. The fraction of sp³-hybridized carbons (Fsp3) is 0.629. The van der Waals surface area contributed by atoms with Gasteiger partial charge in [-0.3, -0.25) is 24.0 Å². The molecule has 47 heavy (non-hydrogen) atoms. The zero-order valence-corrected chi connectivity index (χ0v) is 28.1. The third kappa shape index (κ3) is 9.41. The second kappa shape index (κ2) is 17.4. The number of unbranched alkanes of at least 4 members (excludes halogenated alkanes) is 2. The van der Waals surface area contributed by atoms with Gasteiger partial charge in [0.15, 0.2) is 5.78 Å². The number of nitrogens with zero attached hydrogens (tertiary/aromatic N) is 1. The van der Waals surface area contributed by atoms with Crippen LogP contribution in [0.1, 0.15) is 91.0 Å². The average Bonchev–Trinajstić information content (AvgIpc) is 3.49. The van der Waals surface area contributed by atoms with Crippen LogP contribution in [0, 0.1) is 5.92 Å². The van der Waals surface area contributed by atoms with Crippen LogP contribution >= 0.6 is 0 Å². The van der Waals surface area contributed by atoms with E-state index in [0.717, 1.165) is 29.3 Å². The summed E-state index contributed by atoms with van der Waals surface area (Å²) in [7, 11) is 0. The number of ketones is 1. The fourth-order valence-corrected chi connectivity index (χ4v) is 6.37. The Labute approximate surface area is 277 Å². The lowest BCUT2D eigenvalue weighted by Crippen LogP contribution is -2.64. The van der Waals surface area contributed by atoms with Crippen LogP contribution in [0.15, 0.2) is 30.5 Å². The van der Waals surface area contributed by atoms with Crippen LogP contribution in [0.2, 0.25) is 0 Å². The van der Waals surface area contributed by atoms with Crippen molar-refractivity contribution in [1.82, 2.24) is 25.8 Å². The summed E-state index contributed by atoms with van der Waals surface area (Å²) in [5, 5.41) is 9.79. The van der Waals surface area contributed by atoms with Gasteiger partial charge < -0.3 is 25.8 Å². The summed E-state index contributed by atoms with van der Waals surface area (Å²) in [6.07, 6.45) is 6.47. The maximum atomic E-state index is 14.0. The summed E-state index contributed by atoms with van der Waals surface area (Å²) in [4.78, 5) is 82.8. The minimum absolute atomic E-state index is 0.0700. The molecule has 2 unspecified atom stereocenters. The van der Waals surface area contributed by atoms with E-state index >= 15 is 0 Å². The number of aromatic nitrogens is 1. The number of piperidine rings is 1. The predicted octanol–water partition coefficient (Wildman–Crippen LogP) is 3.48. The zero-order chi connectivity index (χ0) is 33.9. The van der Waals surface area contributed by atoms with Gasteiger partial charge in [-0.2, -0.15) is 0 Å². The summed E-state index contributed by atoms with van der Waals surface area (Å²) in [6, 6.07) is 4.28. The zero-order valence-electron chi connectivity index (χ0n) is 28.1. The number of hydrogen-bond donors (Lipinski definition) is 4. The molecule has 2 fully saturated rings. The number of fused-ring (bicyclic) bond motifs is 2. The second-order valence-electron chi connectivity index (χ2n) is 12.8. The topological polar surface area (TPSA) is 159 Å². The number of Topliss-reactive ketones (excluding diaryl/α,β-unsaturated/α-hetero) is 1. The maximum absolute atomic E-state index is 14.0. The minimum atomic E-state index is -0.985. The third-order valence-electron chi connectivity index (χ3n) is 9.43. The van der Waals surface area contributed by atoms with Crippen molar-refractivity contribution in [1.29, 1.82) is 0 Å². The SMILES string of the molecule is CCOOC(C)C(=O)CCCCC[C@@H]1NC(=O)[C@H]2CCCCN2C(=O)[C@H](C(C)CC)NC(=O)[C@H](Cc2c[nH]c3ccccc23)NC1=O. The highest BCUT2D eigenvalue weighted by molar-refractivity contribution is 5.98. The highest BCUT2D eigenvalue weighted by atomic mass is 17.2. The lowest BCUT2D eigenvalue weighted by molar-refractivity contribution is -0.309. The first-order valence-electron chi connectivity index (χ1n) is 17.2. The Morgan fingerprint density at radius 3 is 2.45 bits per heavy atom. The fourth-order valence-electron chi connectivity index (χ4n) is 6.37. The van der Waals surface area contributed by atoms with Gasteiger partial charge >= 0.3 is 0 Å². The summed E-state index contributed by atoms with van der Waals surface area (Å²) in [6.45, 7) is 8.06. The van der Waals surface area contributed by atoms with Crippen molar-refractivity contribution in [2.75, 3.05) is 13.2 Å². The van der Waals surface area contributed by atoms with Gasteiger partial charge in [0.1, 0.15) is 30.3 Å². The van der Waals surface area contributed by atoms with Gasteiger partial charge in [0, 0.05) is 36.5 Å². The molecule has 2 aliphatic heterocycles. The molecule has 1 aromatic carbocycles. The number of para-hydroxylation sites is 1. The molecule has 1 aromatic heterocycles. The monoisotopic (exact) mass is 653 g/mol. The number of rotatable bonds is 14. The summed E-state index contributed by atoms with van der Waals surface area (Å²) in [5.41, 5.74) is 1.76. The number of nitrogens with one attached hydrogen (secondary N) is 4. The van der Waals surface area contributed by atoms with Crippen LogP contribution < -0.4 is 16.0 Å². The quantitative estimate of drug-likeness (QED) is 0.138. The Morgan fingerprint density at radius 2 is 1.68 bits per heavy atom. The summed E-state index contributed by atoms with van der Waals surface area (Å²) >= 11 is 0. The smallest absolute Gasteiger partial charge is 0.246 e. The van der Waals surface area contributed by atoms with Crippen LogP contribution in [0.4, 0.5) is 0 Å². The number of carbonyl (C=O) groups is 5. The molecule has 0 spiro atoms. The molecule has 4 rings (SSSR count). The molecular formula is C35H51N5O7. The molecule has 2 saturated heterocycles. The van der Waals surface area contributed by atoms with Gasteiger partial charge in [-0.25, -0.2) is 9.78 Å². The molecular weight excluding hydrogens is 602 g/mol. The van der Waals surface area contributed by atoms with Gasteiger partial charge in [0.2, 0.25) is 23.6 Å². The van der Waals surface area contributed by atoms with Crippen molar-refractivity contribution in [3.8, 4) is 0 Å². The van der Waals surface area contributed by atoms with Crippen molar-refractivity contribution in [3.63, 3.8) is 0 Å². The molecule has 0 radical (unpaired) electrons. The van der Waals surface area contributed by atoms with E-state index < -0.39 is 42.1 Å². The number of carbonyl (C=O) groups excluding carboxylic acids is 5. The largest absolute Gasteiger partial charge is 0.361 e. The Morgan fingerprint density at radius 1 is 0.936 bits per heavy atom. The Hall–Kier alpha value is -3.77. The molecule has 4 N–H and O–H groups in total. The highest BCUT2D eigenvalue weighted by Gasteiger charge is 2.40. The summed E-state index contributed by atoms with van der Waals surface area (Å²) in [5.74, 6) is -1.78. The number of amides is 4. The molecule has 4 amide bonds. The van der Waals surface area contributed by atoms with Gasteiger partial charge in [0.25, 0.3) is 0 Å². The average molecular weight is 654 g/mol. The van der Waals surface area contributed by atoms with Crippen LogP contribution in [0.5, 0.6) is 0 Å². The second-order valence-corrected chi connectivity index (χ2v) is 12.8. The Kier molecular flexibility index (Phi) is 13.4. The molecule has 0 saturated carbocycles. The highest BCUT2D eigenvalue weighted by Crippen LogP contribution is 2.23. The van der Waals surface area contributed by atoms with E-state index in [-0.39, 0.29) is 29.9 Å². The molecule has 12 nitrogen and oxygen atoms in total. The van der Waals surface area contributed by atoms with E-state index in [1.165, 1.54) is 0 Å². The van der Waals surface area contributed by atoms with Crippen molar-refractivity contribution in [3.05, 3.63) is 36.0 Å². The standard InChI is InChI=1S/C35H51N5O7/c1-5-22(3)31-35(45)40-19-13-12-17-29(40)34(44)37-27(16-8-7-9-18-30(41)23(4)47-46-6-2)32(42)38-28(33(43)39-31)20-24-21-36-26-15-11-10-14-25(24)26/h10-11,14-15,21-23,27-29,31,36H,5-9,12-13,16-20H2,1-4H3,(H,37,44)(H,38,42)(H,39,43)/t22?,23?,27-,28-,29+,31-/m0/s1. The number of aromatic amines is 1. The minimum Gasteiger partial charge on any atom is -0.361 e. The first kappa shape index (κ1) is 36.1. The first-order chi connectivity index (χ1) is 22.6. The molecule has 3 heterocycles. The van der Waals surface area contributed by atoms with Crippen LogP contribution in [-0.4, -0.2) is 82.7 Å². The van der Waals surface area contributed by atoms with Gasteiger partial charge in [-0.05, 0) is 63.5 Å². The van der Waals surface area contributed by atoms with E-state index in [1.807, 2.05) is 44.3 Å². The lowest BCUT2D eigenvalue weighted by atomic mass is 9.93. The van der Waals surface area contributed by atoms with Crippen molar-refractivity contribution >= 4 is 40.3 Å². The predicted molar refractivity (Wildman–Crippen MR) is 177 cm³/mol. The van der Waals surface area contributed by atoms with Crippen molar-refractivity contribution in [2.45, 2.75) is 122 Å². The van der Waals surface area contributed by atoms with Gasteiger partial charge in [-0.1, -0.05) is 51.3 Å². The number of H-pyrrole nitrogens is 1. The molecule has 12 heteroatoms. The molecule has 0 aliphatic carbocycles. The van der Waals surface area contributed by atoms with E-state index in [9.17, 15) is 24.0 Å². The van der Waals surface area contributed by atoms with E-state index in [2.05, 4.69) is 20.9 Å². The van der Waals surface area contributed by atoms with Gasteiger partial charge in [-0.15, -0.1) is 0 Å². The van der Waals surface area contributed by atoms with Crippen LogP contribution in [0.25, 0.3) is 10.9 Å². The number of hydrogen-bond acceptors (Lipinski definition) is 7. The molecule has 2 aromatic rings.